The van der Waals surface area contributed by atoms with Crippen LogP contribution in [0.1, 0.15) is 16.1 Å². The third kappa shape index (κ3) is 3.57. The van der Waals surface area contributed by atoms with Crippen molar-refractivity contribution in [3.8, 4) is 0 Å². The Morgan fingerprint density at radius 1 is 1.31 bits per heavy atom. The monoisotopic (exact) mass is 374 g/mol. The molecule has 10 nitrogen and oxygen atoms in total. The van der Waals surface area contributed by atoms with Crippen LogP contribution in [-0.4, -0.2) is 49.5 Å². The molecule has 0 unspecified atom stereocenters. The highest BCUT2D eigenvalue weighted by Gasteiger charge is 2.15. The number of carbonyl (C=O) groups excluding carboxylic acids is 2. The fourth-order valence-corrected chi connectivity index (χ4v) is 2.79. The first-order valence-electron chi connectivity index (χ1n) is 7.42. The van der Waals surface area contributed by atoms with Gasteiger partial charge in [0.1, 0.15) is 5.69 Å². The molecule has 1 aromatic carbocycles. The molecule has 0 aliphatic rings. The minimum absolute atomic E-state index is 0.0101. The van der Waals surface area contributed by atoms with Gasteiger partial charge >= 0.3 is 5.97 Å². The summed E-state index contributed by atoms with van der Waals surface area (Å²) in [5.74, 6) is -0.680. The molecule has 0 atom stereocenters. The Morgan fingerprint density at radius 2 is 2.08 bits per heavy atom. The third-order valence-electron chi connectivity index (χ3n) is 3.35. The second kappa shape index (κ2) is 7.35. The number of H-pyrrole nitrogens is 1. The van der Waals surface area contributed by atoms with Crippen molar-refractivity contribution in [2.24, 2.45) is 0 Å². The molecule has 134 valence electrons. The van der Waals surface area contributed by atoms with E-state index in [2.05, 4.69) is 25.6 Å². The molecule has 2 aromatic heterocycles. The lowest BCUT2D eigenvalue weighted by Gasteiger charge is -2.09. The predicted molar refractivity (Wildman–Crippen MR) is 93.3 cm³/mol. The Labute approximate surface area is 151 Å². The van der Waals surface area contributed by atoms with Gasteiger partial charge in [-0.05, 0) is 19.1 Å². The number of para-hydroxylation sites is 1. The van der Waals surface area contributed by atoms with Gasteiger partial charge in [-0.25, -0.2) is 4.79 Å². The number of aromatic amines is 1. The van der Waals surface area contributed by atoms with Crippen LogP contribution in [0.15, 0.2) is 34.2 Å². The van der Waals surface area contributed by atoms with E-state index in [1.807, 2.05) is 0 Å². The van der Waals surface area contributed by atoms with Crippen LogP contribution in [0.25, 0.3) is 5.78 Å². The third-order valence-corrected chi connectivity index (χ3v) is 4.27. The molecule has 0 bridgehead atoms. The van der Waals surface area contributed by atoms with Crippen molar-refractivity contribution < 1.29 is 14.3 Å². The fraction of sp³-hybridized carbons (Fsp3) is 0.200. The highest BCUT2D eigenvalue weighted by molar-refractivity contribution is 7.99. The molecule has 0 radical (unpaired) electrons. The van der Waals surface area contributed by atoms with Gasteiger partial charge in [0.05, 0.1) is 24.1 Å². The first kappa shape index (κ1) is 17.6. The van der Waals surface area contributed by atoms with Crippen molar-refractivity contribution in [1.29, 1.82) is 0 Å². The number of rotatable bonds is 5. The standard InChI is InChI=1S/C15H14N6O4S/c1-8-12(23)17-14-18-19-15(21(14)20-8)26-7-11(22)16-10-6-4-3-5-9(10)13(24)25-2/h3-6H,7H2,1-2H3,(H,16,22)(H,17,18,23). The van der Waals surface area contributed by atoms with Gasteiger partial charge in [-0.15, -0.1) is 10.2 Å². The summed E-state index contributed by atoms with van der Waals surface area (Å²) < 4.78 is 6.05. The van der Waals surface area contributed by atoms with Gasteiger partial charge in [0.25, 0.3) is 11.3 Å². The van der Waals surface area contributed by atoms with Crippen LogP contribution < -0.4 is 10.9 Å². The van der Waals surface area contributed by atoms with Gasteiger partial charge in [-0.1, -0.05) is 23.9 Å². The Balaban J connectivity index is 1.72. The number of hydrogen-bond donors (Lipinski definition) is 2. The van der Waals surface area contributed by atoms with Crippen LogP contribution >= 0.6 is 11.8 Å². The number of nitrogens with zero attached hydrogens (tertiary/aromatic N) is 4. The van der Waals surface area contributed by atoms with Gasteiger partial charge in [-0.2, -0.15) is 9.61 Å². The summed E-state index contributed by atoms with van der Waals surface area (Å²) in [6.07, 6.45) is 0. The van der Waals surface area contributed by atoms with E-state index >= 15 is 0 Å². The Morgan fingerprint density at radius 3 is 2.85 bits per heavy atom. The topological polar surface area (TPSA) is 131 Å². The number of benzene rings is 1. The van der Waals surface area contributed by atoms with E-state index in [9.17, 15) is 14.4 Å². The molecule has 0 aliphatic carbocycles. The maximum absolute atomic E-state index is 12.2. The van der Waals surface area contributed by atoms with E-state index in [1.54, 1.807) is 31.2 Å². The Hall–Kier alpha value is -3.21. The summed E-state index contributed by atoms with van der Waals surface area (Å²) in [7, 11) is 1.27. The molecule has 3 rings (SSSR count). The Bertz CT molecular complexity index is 1040. The molecule has 0 aliphatic heterocycles. The van der Waals surface area contributed by atoms with Gasteiger partial charge in [0.2, 0.25) is 11.1 Å². The number of esters is 1. The molecule has 3 aromatic rings. The van der Waals surface area contributed by atoms with Crippen molar-refractivity contribution in [3.05, 3.63) is 45.9 Å². The SMILES string of the molecule is COC(=O)c1ccccc1NC(=O)CSc1nnc2[nH]c(=O)c(C)nn12. The first-order chi connectivity index (χ1) is 12.5. The zero-order chi connectivity index (χ0) is 18.7. The molecule has 2 heterocycles. The van der Waals surface area contributed by atoms with Crippen molar-refractivity contribution >= 4 is 35.1 Å². The minimum atomic E-state index is -0.541. The number of aryl methyl sites for hydroxylation is 1. The number of ether oxygens (including phenoxy) is 1. The van der Waals surface area contributed by atoms with E-state index < -0.39 is 5.97 Å². The van der Waals surface area contributed by atoms with Crippen molar-refractivity contribution in [2.45, 2.75) is 12.1 Å². The van der Waals surface area contributed by atoms with Crippen LogP contribution in [0.5, 0.6) is 0 Å². The highest BCUT2D eigenvalue weighted by atomic mass is 32.2. The second-order valence-corrected chi connectivity index (χ2v) is 6.07. The molecule has 0 saturated carbocycles. The summed E-state index contributed by atoms with van der Waals surface area (Å²) >= 11 is 1.10. The van der Waals surface area contributed by atoms with Crippen LogP contribution in [0.2, 0.25) is 0 Å². The molecule has 0 saturated heterocycles. The molecule has 26 heavy (non-hydrogen) atoms. The maximum atomic E-state index is 12.2. The predicted octanol–water partition coefficient (Wildman–Crippen LogP) is 0.638. The number of amides is 1. The smallest absolute Gasteiger partial charge is 0.339 e. The van der Waals surface area contributed by atoms with Crippen LogP contribution in [0.4, 0.5) is 5.69 Å². The Kier molecular flexibility index (Phi) is 4.98. The number of aromatic nitrogens is 5. The van der Waals surface area contributed by atoms with Gasteiger partial charge < -0.3 is 10.1 Å². The van der Waals surface area contributed by atoms with E-state index in [-0.39, 0.29) is 34.3 Å². The molecule has 0 fully saturated rings. The highest BCUT2D eigenvalue weighted by Crippen LogP contribution is 2.18. The lowest BCUT2D eigenvalue weighted by Crippen LogP contribution is -2.18. The summed E-state index contributed by atoms with van der Waals surface area (Å²) in [6.45, 7) is 1.56. The summed E-state index contributed by atoms with van der Waals surface area (Å²) in [6, 6.07) is 6.54. The number of fused-ring (bicyclic) bond motifs is 1. The van der Waals surface area contributed by atoms with Crippen LogP contribution in [0, 0.1) is 6.92 Å². The van der Waals surface area contributed by atoms with E-state index in [1.165, 1.54) is 11.6 Å². The number of nitrogens with one attached hydrogen (secondary N) is 2. The van der Waals surface area contributed by atoms with E-state index in [0.717, 1.165) is 11.8 Å². The minimum Gasteiger partial charge on any atom is -0.465 e. The fourth-order valence-electron chi connectivity index (χ4n) is 2.11. The number of methoxy groups -OCH3 is 1. The van der Waals surface area contributed by atoms with Gasteiger partial charge in [0, 0.05) is 0 Å². The quantitative estimate of drug-likeness (QED) is 0.491. The molecule has 11 heteroatoms. The largest absolute Gasteiger partial charge is 0.465 e. The molecule has 0 spiro atoms. The lowest BCUT2D eigenvalue weighted by molar-refractivity contribution is -0.113. The number of thioether (sulfide) groups is 1. The first-order valence-corrected chi connectivity index (χ1v) is 8.40. The molecular formula is C15H14N6O4S. The van der Waals surface area contributed by atoms with Crippen molar-refractivity contribution in [3.63, 3.8) is 0 Å². The van der Waals surface area contributed by atoms with Crippen molar-refractivity contribution in [2.75, 3.05) is 18.2 Å². The van der Waals surface area contributed by atoms with Crippen molar-refractivity contribution in [1.82, 2.24) is 24.8 Å². The zero-order valence-electron chi connectivity index (χ0n) is 13.8. The normalized spacial score (nSPS) is 10.7. The average Bonchev–Trinajstić information content (AvgIpc) is 3.02. The maximum Gasteiger partial charge on any atom is 0.339 e. The van der Waals surface area contributed by atoms with E-state index in [4.69, 9.17) is 4.74 Å². The van der Waals surface area contributed by atoms with E-state index in [0.29, 0.717) is 10.8 Å². The van der Waals surface area contributed by atoms with Gasteiger partial charge in [0.15, 0.2) is 0 Å². The zero-order valence-corrected chi connectivity index (χ0v) is 14.7. The molecule has 1 amide bonds. The second-order valence-electron chi connectivity index (χ2n) is 5.13. The average molecular weight is 374 g/mol. The van der Waals surface area contributed by atoms with Gasteiger partial charge in [-0.3, -0.25) is 14.6 Å². The lowest BCUT2D eigenvalue weighted by atomic mass is 10.2. The van der Waals surface area contributed by atoms with Crippen LogP contribution in [-0.2, 0) is 9.53 Å². The molecule has 2 N–H and O–H groups in total. The summed E-state index contributed by atoms with van der Waals surface area (Å²) in [5, 5.41) is 14.8. The summed E-state index contributed by atoms with van der Waals surface area (Å²) in [5.41, 5.74) is 0.528. The number of hydrogen-bond acceptors (Lipinski definition) is 8. The van der Waals surface area contributed by atoms with Crippen LogP contribution in [0.3, 0.4) is 0 Å². The number of anilines is 1. The summed E-state index contributed by atoms with van der Waals surface area (Å²) in [4.78, 5) is 38.0. The molecular weight excluding hydrogens is 360 g/mol. The number of carbonyl (C=O) groups is 2.